The second-order valence-corrected chi connectivity index (χ2v) is 6.21. The molecule has 0 aromatic rings. The average Bonchev–Trinajstić information content (AvgIpc) is 2.57. The van der Waals surface area contributed by atoms with E-state index in [2.05, 4.69) is 26.0 Å². The molecule has 3 heteroatoms. The Bertz CT molecular complexity index is 233. The molecule has 0 radical (unpaired) electrons. The maximum atomic E-state index is 8.66. The van der Waals surface area contributed by atoms with Gasteiger partial charge in [-0.05, 0) is 44.9 Å². The van der Waals surface area contributed by atoms with Gasteiger partial charge in [0, 0.05) is 19.8 Å². The third-order valence-corrected chi connectivity index (χ3v) is 3.79. The lowest BCUT2D eigenvalue weighted by Gasteiger charge is -2.18. The van der Waals surface area contributed by atoms with Crippen LogP contribution in [0.4, 0.5) is 0 Å². The number of rotatable bonds is 18. The van der Waals surface area contributed by atoms with Crippen LogP contribution < -0.4 is 0 Å². The van der Waals surface area contributed by atoms with Crippen molar-refractivity contribution in [3.05, 3.63) is 12.2 Å². The van der Waals surface area contributed by atoms with Gasteiger partial charge in [0.25, 0.3) is 0 Å². The molecule has 0 rings (SSSR count). The Kier molecular flexibility index (Phi) is 19.3. The molecule has 0 aliphatic carbocycles. The predicted octanol–water partition coefficient (Wildman–Crippen LogP) is 5.62. The van der Waals surface area contributed by atoms with Gasteiger partial charge in [-0.25, -0.2) is 0 Å². The molecule has 0 unspecified atom stereocenters. The minimum atomic E-state index is 0.0145. The molecule has 0 aliphatic heterocycles. The molecular formula is C20H40O3. The fourth-order valence-electron chi connectivity index (χ4n) is 2.48. The third-order valence-electron chi connectivity index (χ3n) is 3.79. The Morgan fingerprint density at radius 3 is 1.83 bits per heavy atom. The lowest BCUT2D eigenvalue weighted by atomic mass is 10.1. The fraction of sp³-hybridized carbons (Fsp3) is 0.900. The first kappa shape index (κ1) is 22.6. The zero-order valence-corrected chi connectivity index (χ0v) is 15.6. The zero-order valence-electron chi connectivity index (χ0n) is 15.6. The van der Waals surface area contributed by atoms with Gasteiger partial charge in [-0.3, -0.25) is 0 Å². The van der Waals surface area contributed by atoms with Crippen molar-refractivity contribution in [3.63, 3.8) is 0 Å². The molecule has 0 bridgehead atoms. The van der Waals surface area contributed by atoms with Crippen LogP contribution in [0.25, 0.3) is 0 Å². The number of aliphatic hydroxyl groups excluding tert-OH is 1. The summed E-state index contributed by atoms with van der Waals surface area (Å²) in [6.07, 6.45) is 18.5. The van der Waals surface area contributed by atoms with E-state index < -0.39 is 0 Å². The quantitative estimate of drug-likeness (QED) is 0.202. The van der Waals surface area contributed by atoms with Crippen molar-refractivity contribution in [2.75, 3.05) is 19.8 Å². The second-order valence-electron chi connectivity index (χ2n) is 6.21. The van der Waals surface area contributed by atoms with E-state index in [1.807, 2.05) is 0 Å². The number of hydrogen-bond acceptors (Lipinski definition) is 3. The van der Waals surface area contributed by atoms with Gasteiger partial charge < -0.3 is 14.6 Å². The number of aliphatic hydroxyl groups is 1. The van der Waals surface area contributed by atoms with Crippen LogP contribution in [0, 0.1) is 0 Å². The van der Waals surface area contributed by atoms with Crippen LogP contribution >= 0.6 is 0 Å². The van der Waals surface area contributed by atoms with E-state index in [4.69, 9.17) is 14.6 Å². The van der Waals surface area contributed by atoms with Crippen LogP contribution in [-0.4, -0.2) is 31.2 Å². The van der Waals surface area contributed by atoms with Crippen molar-refractivity contribution >= 4 is 0 Å². The number of hydrogen-bond donors (Lipinski definition) is 1. The minimum absolute atomic E-state index is 0.0145. The van der Waals surface area contributed by atoms with Gasteiger partial charge >= 0.3 is 0 Å². The van der Waals surface area contributed by atoms with Crippen LogP contribution in [0.15, 0.2) is 12.2 Å². The van der Waals surface area contributed by atoms with E-state index in [0.717, 1.165) is 45.3 Å². The standard InChI is InChI=1S/C20H40O3/c1-3-18-22-20(23-19-4-2)16-14-12-10-8-6-5-7-9-11-13-15-17-21/h11,13,20-21H,3-10,12,14-19H2,1-2H3/b13-11+. The molecule has 0 heterocycles. The summed E-state index contributed by atoms with van der Waals surface area (Å²) in [5, 5.41) is 8.66. The molecule has 0 atom stereocenters. The Morgan fingerprint density at radius 2 is 1.26 bits per heavy atom. The van der Waals surface area contributed by atoms with Gasteiger partial charge in [0.2, 0.25) is 0 Å². The molecule has 0 aliphatic rings. The van der Waals surface area contributed by atoms with Crippen LogP contribution in [0.2, 0.25) is 0 Å². The summed E-state index contributed by atoms with van der Waals surface area (Å²) in [7, 11) is 0. The van der Waals surface area contributed by atoms with E-state index in [1.54, 1.807) is 0 Å². The highest BCUT2D eigenvalue weighted by molar-refractivity contribution is 4.80. The summed E-state index contributed by atoms with van der Waals surface area (Å²) in [6.45, 7) is 6.16. The molecule has 1 N–H and O–H groups in total. The fourth-order valence-corrected chi connectivity index (χ4v) is 2.48. The molecular weight excluding hydrogens is 288 g/mol. The molecule has 0 spiro atoms. The van der Waals surface area contributed by atoms with Crippen molar-refractivity contribution < 1.29 is 14.6 Å². The number of allylic oxidation sites excluding steroid dienone is 1. The lowest BCUT2D eigenvalue weighted by molar-refractivity contribution is -0.146. The molecule has 23 heavy (non-hydrogen) atoms. The summed E-state index contributed by atoms with van der Waals surface area (Å²) in [5.74, 6) is 0. The SMILES string of the molecule is CCCOC(CCCCCCCCC/C=C/CCO)OCCC. The predicted molar refractivity (Wildman–Crippen MR) is 98.7 cm³/mol. The summed E-state index contributed by atoms with van der Waals surface area (Å²) in [4.78, 5) is 0. The van der Waals surface area contributed by atoms with Crippen LogP contribution in [0.3, 0.4) is 0 Å². The molecule has 138 valence electrons. The Labute approximate surface area is 144 Å². The monoisotopic (exact) mass is 328 g/mol. The van der Waals surface area contributed by atoms with E-state index in [0.29, 0.717) is 0 Å². The normalized spacial score (nSPS) is 11.8. The van der Waals surface area contributed by atoms with Crippen molar-refractivity contribution in [1.82, 2.24) is 0 Å². The number of ether oxygens (including phenoxy) is 2. The minimum Gasteiger partial charge on any atom is -0.396 e. The van der Waals surface area contributed by atoms with Crippen molar-refractivity contribution in [2.24, 2.45) is 0 Å². The highest BCUT2D eigenvalue weighted by atomic mass is 16.7. The molecule has 0 saturated heterocycles. The van der Waals surface area contributed by atoms with Crippen LogP contribution in [0.1, 0.15) is 90.9 Å². The zero-order chi connectivity index (χ0) is 17.0. The van der Waals surface area contributed by atoms with E-state index >= 15 is 0 Å². The second kappa shape index (κ2) is 19.7. The third kappa shape index (κ3) is 17.8. The van der Waals surface area contributed by atoms with Crippen molar-refractivity contribution in [2.45, 2.75) is 97.2 Å². The molecule has 0 aromatic heterocycles. The first-order chi connectivity index (χ1) is 11.3. The van der Waals surface area contributed by atoms with Crippen LogP contribution in [-0.2, 0) is 9.47 Å². The summed E-state index contributed by atoms with van der Waals surface area (Å²) in [6, 6.07) is 0. The lowest BCUT2D eigenvalue weighted by Crippen LogP contribution is -2.18. The molecule has 0 amide bonds. The first-order valence-corrected chi connectivity index (χ1v) is 9.84. The molecule has 3 nitrogen and oxygen atoms in total. The van der Waals surface area contributed by atoms with Crippen molar-refractivity contribution in [1.29, 1.82) is 0 Å². The van der Waals surface area contributed by atoms with Gasteiger partial charge in [-0.15, -0.1) is 0 Å². The van der Waals surface area contributed by atoms with Crippen LogP contribution in [0.5, 0.6) is 0 Å². The highest BCUT2D eigenvalue weighted by Gasteiger charge is 2.08. The van der Waals surface area contributed by atoms with Gasteiger partial charge in [0.1, 0.15) is 0 Å². The molecule has 0 saturated carbocycles. The van der Waals surface area contributed by atoms with Gasteiger partial charge in [0.05, 0.1) is 0 Å². The maximum Gasteiger partial charge on any atom is 0.157 e. The van der Waals surface area contributed by atoms with Gasteiger partial charge in [-0.2, -0.15) is 0 Å². The summed E-state index contributed by atoms with van der Waals surface area (Å²) >= 11 is 0. The molecule has 0 fully saturated rings. The van der Waals surface area contributed by atoms with Gasteiger partial charge in [0.15, 0.2) is 6.29 Å². The number of unbranched alkanes of at least 4 members (excludes halogenated alkanes) is 7. The Morgan fingerprint density at radius 1 is 0.739 bits per heavy atom. The smallest absolute Gasteiger partial charge is 0.157 e. The topological polar surface area (TPSA) is 38.7 Å². The first-order valence-electron chi connectivity index (χ1n) is 9.84. The average molecular weight is 329 g/mol. The largest absolute Gasteiger partial charge is 0.396 e. The van der Waals surface area contributed by atoms with E-state index in [9.17, 15) is 0 Å². The molecule has 0 aromatic carbocycles. The maximum absolute atomic E-state index is 8.66. The highest BCUT2D eigenvalue weighted by Crippen LogP contribution is 2.13. The van der Waals surface area contributed by atoms with Crippen molar-refractivity contribution in [3.8, 4) is 0 Å². The summed E-state index contributed by atoms with van der Waals surface area (Å²) < 4.78 is 11.5. The Hall–Kier alpha value is -0.380. The summed E-state index contributed by atoms with van der Waals surface area (Å²) in [5.41, 5.74) is 0. The van der Waals surface area contributed by atoms with E-state index in [1.165, 1.54) is 44.9 Å². The van der Waals surface area contributed by atoms with E-state index in [-0.39, 0.29) is 12.9 Å². The Balaban J connectivity index is 3.37. The van der Waals surface area contributed by atoms with Gasteiger partial charge in [-0.1, -0.05) is 58.1 Å².